The molecule has 7 heteroatoms. The lowest BCUT2D eigenvalue weighted by atomic mass is 9.97. The van der Waals surface area contributed by atoms with E-state index in [9.17, 15) is 4.79 Å². The first-order valence-electron chi connectivity index (χ1n) is 8.53. The number of aromatic carboxylic acids is 1. The van der Waals surface area contributed by atoms with Gasteiger partial charge >= 0.3 is 5.97 Å². The molecule has 3 rings (SSSR count). The molecule has 7 nitrogen and oxygen atoms in total. The number of piperazine rings is 1. The standard InChI is InChI=1S/C18H25N5O2/c1-21-6-8-22(9-7-21)16(19)11-17(20)23-5-4-13-2-3-14(18(24)25)10-15(13)12-23/h2-3,10-11,19H,4-9,12,20H2,1H3,(H,24,25)/b17-11+,19-16?. The highest BCUT2D eigenvalue weighted by Gasteiger charge is 2.20. The van der Waals surface area contributed by atoms with Gasteiger partial charge in [-0.2, -0.15) is 0 Å². The van der Waals surface area contributed by atoms with Crippen molar-refractivity contribution in [2.24, 2.45) is 5.73 Å². The highest BCUT2D eigenvalue weighted by Crippen LogP contribution is 2.22. The number of fused-ring (bicyclic) bond motifs is 1. The Labute approximate surface area is 147 Å². The van der Waals surface area contributed by atoms with Gasteiger partial charge in [0.05, 0.1) is 5.56 Å². The molecule has 0 aliphatic carbocycles. The Morgan fingerprint density at radius 3 is 2.56 bits per heavy atom. The summed E-state index contributed by atoms with van der Waals surface area (Å²) in [6.07, 6.45) is 2.54. The second-order valence-corrected chi connectivity index (χ2v) is 6.70. The van der Waals surface area contributed by atoms with Crippen LogP contribution in [0.5, 0.6) is 0 Å². The van der Waals surface area contributed by atoms with Crippen molar-refractivity contribution in [3.05, 3.63) is 46.8 Å². The van der Waals surface area contributed by atoms with Crippen molar-refractivity contribution in [2.45, 2.75) is 13.0 Å². The molecule has 0 amide bonds. The van der Waals surface area contributed by atoms with Gasteiger partial charge in [-0.3, -0.25) is 5.41 Å². The van der Waals surface area contributed by atoms with E-state index in [0.29, 0.717) is 23.8 Å². The largest absolute Gasteiger partial charge is 0.478 e. The number of amidine groups is 1. The van der Waals surface area contributed by atoms with Crippen LogP contribution in [0.4, 0.5) is 0 Å². The predicted molar refractivity (Wildman–Crippen MR) is 96.6 cm³/mol. The van der Waals surface area contributed by atoms with Gasteiger partial charge in [-0.25, -0.2) is 4.79 Å². The number of likely N-dealkylation sites (N-methyl/N-ethyl adjacent to an activating group) is 1. The van der Waals surface area contributed by atoms with E-state index in [-0.39, 0.29) is 0 Å². The Balaban J connectivity index is 1.69. The maximum absolute atomic E-state index is 11.2. The van der Waals surface area contributed by atoms with Gasteiger partial charge in [0.15, 0.2) is 0 Å². The molecule has 0 aromatic heterocycles. The number of nitrogens with one attached hydrogen (secondary N) is 1. The molecule has 134 valence electrons. The fraction of sp³-hybridized carbons (Fsp3) is 0.444. The Morgan fingerprint density at radius 1 is 1.16 bits per heavy atom. The molecule has 0 saturated carbocycles. The average molecular weight is 343 g/mol. The second-order valence-electron chi connectivity index (χ2n) is 6.70. The normalized spacial score (nSPS) is 18.8. The van der Waals surface area contributed by atoms with Crippen LogP contribution in [0, 0.1) is 5.41 Å². The molecule has 2 aliphatic heterocycles. The number of nitrogens with two attached hydrogens (primary N) is 1. The zero-order valence-electron chi connectivity index (χ0n) is 14.5. The first-order valence-corrected chi connectivity index (χ1v) is 8.53. The maximum Gasteiger partial charge on any atom is 0.335 e. The summed E-state index contributed by atoms with van der Waals surface area (Å²) in [5, 5.41) is 17.4. The number of carboxylic acids is 1. The molecule has 0 unspecified atom stereocenters. The smallest absolute Gasteiger partial charge is 0.335 e. The molecule has 1 fully saturated rings. The van der Waals surface area contributed by atoms with Crippen LogP contribution >= 0.6 is 0 Å². The van der Waals surface area contributed by atoms with Gasteiger partial charge in [-0.05, 0) is 36.7 Å². The van der Waals surface area contributed by atoms with Gasteiger partial charge < -0.3 is 25.5 Å². The molecule has 4 N–H and O–H groups in total. The SMILES string of the molecule is CN1CCN(C(=N)/C=C(\N)N2CCc3ccc(C(=O)O)cc3C2)CC1. The number of carboxylic acid groups (broad SMARTS) is 1. The van der Waals surface area contributed by atoms with Crippen molar-refractivity contribution in [1.82, 2.24) is 14.7 Å². The van der Waals surface area contributed by atoms with Gasteiger partial charge in [0.2, 0.25) is 0 Å². The topological polar surface area (TPSA) is 96.9 Å². The molecule has 2 aliphatic rings. The lowest BCUT2D eigenvalue weighted by Crippen LogP contribution is -2.47. The van der Waals surface area contributed by atoms with Gasteiger partial charge in [0.25, 0.3) is 0 Å². The number of carbonyl (C=O) groups is 1. The Morgan fingerprint density at radius 2 is 1.88 bits per heavy atom. The fourth-order valence-corrected chi connectivity index (χ4v) is 3.28. The summed E-state index contributed by atoms with van der Waals surface area (Å²) in [7, 11) is 2.09. The van der Waals surface area contributed by atoms with Crippen LogP contribution in [0.1, 0.15) is 21.5 Å². The predicted octanol–water partition coefficient (Wildman–Crippen LogP) is 0.768. The minimum atomic E-state index is -0.916. The van der Waals surface area contributed by atoms with Crippen LogP contribution < -0.4 is 5.73 Å². The van der Waals surface area contributed by atoms with Crippen LogP contribution in [0.3, 0.4) is 0 Å². The van der Waals surface area contributed by atoms with Crippen molar-refractivity contribution in [1.29, 1.82) is 5.41 Å². The van der Waals surface area contributed by atoms with E-state index >= 15 is 0 Å². The van der Waals surface area contributed by atoms with Crippen molar-refractivity contribution >= 4 is 11.8 Å². The van der Waals surface area contributed by atoms with Crippen molar-refractivity contribution in [2.75, 3.05) is 39.8 Å². The fourth-order valence-electron chi connectivity index (χ4n) is 3.28. The summed E-state index contributed by atoms with van der Waals surface area (Å²) in [5.74, 6) is 0.0891. The monoisotopic (exact) mass is 343 g/mol. The molecule has 1 saturated heterocycles. The summed E-state index contributed by atoms with van der Waals surface area (Å²) in [6.45, 7) is 4.93. The number of nitrogens with zero attached hydrogens (tertiary/aromatic N) is 3. The van der Waals surface area contributed by atoms with Gasteiger partial charge in [-0.15, -0.1) is 0 Å². The van der Waals surface area contributed by atoms with E-state index in [1.165, 1.54) is 5.56 Å². The third kappa shape index (κ3) is 3.93. The molecular formula is C18H25N5O2. The first-order chi connectivity index (χ1) is 11.9. The molecule has 0 atom stereocenters. The first kappa shape index (κ1) is 17.3. The van der Waals surface area contributed by atoms with E-state index in [4.69, 9.17) is 16.2 Å². The lowest BCUT2D eigenvalue weighted by Gasteiger charge is -2.34. The van der Waals surface area contributed by atoms with Gasteiger partial charge in [0, 0.05) is 45.3 Å². The zero-order valence-corrected chi connectivity index (χ0v) is 14.5. The highest BCUT2D eigenvalue weighted by atomic mass is 16.4. The van der Waals surface area contributed by atoms with E-state index in [1.54, 1.807) is 18.2 Å². The van der Waals surface area contributed by atoms with E-state index in [0.717, 1.165) is 44.7 Å². The van der Waals surface area contributed by atoms with Crippen LogP contribution in [0.2, 0.25) is 0 Å². The summed E-state index contributed by atoms with van der Waals surface area (Å²) in [5.41, 5.74) is 8.69. The number of benzene rings is 1. The summed E-state index contributed by atoms with van der Waals surface area (Å²) >= 11 is 0. The van der Waals surface area contributed by atoms with E-state index in [1.807, 2.05) is 15.9 Å². The molecule has 0 spiro atoms. The zero-order chi connectivity index (χ0) is 18.0. The van der Waals surface area contributed by atoms with Crippen LogP contribution in [0.25, 0.3) is 0 Å². The second kappa shape index (κ2) is 7.14. The molecular weight excluding hydrogens is 318 g/mol. The van der Waals surface area contributed by atoms with Crippen LogP contribution in [-0.2, 0) is 13.0 Å². The summed E-state index contributed by atoms with van der Waals surface area (Å²) in [4.78, 5) is 17.5. The third-order valence-corrected chi connectivity index (χ3v) is 4.96. The van der Waals surface area contributed by atoms with Gasteiger partial charge in [0.1, 0.15) is 11.7 Å². The Kier molecular flexibility index (Phi) is 4.94. The average Bonchev–Trinajstić information content (AvgIpc) is 2.61. The van der Waals surface area contributed by atoms with E-state index < -0.39 is 5.97 Å². The number of hydrogen-bond donors (Lipinski definition) is 3. The molecule has 0 bridgehead atoms. The molecule has 25 heavy (non-hydrogen) atoms. The van der Waals surface area contributed by atoms with Crippen molar-refractivity contribution < 1.29 is 9.90 Å². The van der Waals surface area contributed by atoms with Crippen molar-refractivity contribution in [3.8, 4) is 0 Å². The molecule has 1 aromatic rings. The number of rotatable bonds is 3. The van der Waals surface area contributed by atoms with Crippen LogP contribution in [0.15, 0.2) is 30.1 Å². The van der Waals surface area contributed by atoms with Gasteiger partial charge in [-0.1, -0.05) is 6.07 Å². The molecule has 0 radical (unpaired) electrons. The number of hydrogen-bond acceptors (Lipinski definition) is 5. The summed E-state index contributed by atoms with van der Waals surface area (Å²) < 4.78 is 0. The van der Waals surface area contributed by atoms with E-state index in [2.05, 4.69) is 11.9 Å². The maximum atomic E-state index is 11.2. The summed E-state index contributed by atoms with van der Waals surface area (Å²) in [6, 6.07) is 5.27. The van der Waals surface area contributed by atoms with Crippen molar-refractivity contribution in [3.63, 3.8) is 0 Å². The molecule has 2 heterocycles. The Bertz CT molecular complexity index is 707. The highest BCUT2D eigenvalue weighted by molar-refractivity contribution is 5.90. The minimum Gasteiger partial charge on any atom is -0.478 e. The van der Waals surface area contributed by atoms with Crippen LogP contribution in [-0.4, -0.2) is 71.4 Å². The quantitative estimate of drug-likeness (QED) is 0.554. The third-order valence-electron chi connectivity index (χ3n) is 4.96. The molecule has 1 aromatic carbocycles. The Hall–Kier alpha value is -2.54. The minimum absolute atomic E-state index is 0.299. The lowest BCUT2D eigenvalue weighted by molar-refractivity contribution is 0.0696.